The first-order valence-corrected chi connectivity index (χ1v) is 6.53. The molecule has 2 amide bonds. The van der Waals surface area contributed by atoms with Crippen LogP contribution >= 0.6 is 0 Å². The number of hydrogen-bond acceptors (Lipinski definition) is 3. The number of hydroxylamine groups is 1. The number of hydrogen-bond donors (Lipinski definition) is 3. The Labute approximate surface area is 122 Å². The van der Waals surface area contributed by atoms with Crippen LogP contribution in [0.3, 0.4) is 0 Å². The van der Waals surface area contributed by atoms with Crippen LogP contribution in [0, 0.1) is 0 Å². The van der Waals surface area contributed by atoms with Crippen LogP contribution in [0.2, 0.25) is 0 Å². The average Bonchev–Trinajstić information content (AvgIpc) is 2.54. The summed E-state index contributed by atoms with van der Waals surface area (Å²) in [7, 11) is 0. The van der Waals surface area contributed by atoms with Gasteiger partial charge in [0.05, 0.1) is 0 Å². The van der Waals surface area contributed by atoms with Gasteiger partial charge in [-0.1, -0.05) is 48.5 Å². The minimum absolute atomic E-state index is 0.332. The predicted molar refractivity (Wildman–Crippen MR) is 78.3 cm³/mol. The summed E-state index contributed by atoms with van der Waals surface area (Å²) in [6.07, 6.45) is -0.394. The molecule has 0 spiro atoms. The van der Waals surface area contributed by atoms with E-state index in [1.54, 1.807) is 0 Å². The molecule has 0 bridgehead atoms. The average molecular weight is 284 g/mol. The Morgan fingerprint density at radius 2 is 1.62 bits per heavy atom. The smallest absolute Gasteiger partial charge is 0.252 e. The first kappa shape index (κ1) is 14.7. The van der Waals surface area contributed by atoms with Gasteiger partial charge in [-0.25, -0.2) is 5.48 Å². The Bertz CT molecular complexity index is 626. The summed E-state index contributed by atoms with van der Waals surface area (Å²) in [6, 6.07) is 17.7. The molecule has 0 aliphatic heterocycles. The summed E-state index contributed by atoms with van der Waals surface area (Å²) >= 11 is 0. The maximum absolute atomic E-state index is 11.5. The van der Waals surface area contributed by atoms with Crippen molar-refractivity contribution in [1.29, 1.82) is 0 Å². The molecule has 0 aliphatic rings. The Balaban J connectivity index is 1.99. The van der Waals surface area contributed by atoms with Crippen LogP contribution in [-0.2, 0) is 16.1 Å². The van der Waals surface area contributed by atoms with Gasteiger partial charge >= 0.3 is 0 Å². The normalized spacial score (nSPS) is 9.95. The van der Waals surface area contributed by atoms with E-state index >= 15 is 0 Å². The number of carbonyl (C=O) groups is 2. The lowest BCUT2D eigenvalue weighted by Gasteiger charge is -2.07. The number of amides is 2. The molecule has 0 saturated heterocycles. The molecular weight excluding hydrogens is 268 g/mol. The van der Waals surface area contributed by atoms with E-state index in [1.807, 2.05) is 54.6 Å². The van der Waals surface area contributed by atoms with E-state index in [0.29, 0.717) is 6.54 Å². The van der Waals surface area contributed by atoms with Crippen LogP contribution in [-0.4, -0.2) is 17.0 Å². The molecule has 2 aromatic carbocycles. The highest BCUT2D eigenvalue weighted by molar-refractivity contribution is 5.96. The van der Waals surface area contributed by atoms with Gasteiger partial charge in [0.2, 0.25) is 5.91 Å². The van der Waals surface area contributed by atoms with Crippen molar-refractivity contribution in [2.75, 3.05) is 0 Å². The van der Waals surface area contributed by atoms with E-state index in [-0.39, 0.29) is 0 Å². The van der Waals surface area contributed by atoms with Gasteiger partial charge in [-0.15, -0.1) is 0 Å². The van der Waals surface area contributed by atoms with Crippen molar-refractivity contribution in [2.45, 2.75) is 13.0 Å². The Morgan fingerprint density at radius 1 is 0.905 bits per heavy atom. The van der Waals surface area contributed by atoms with Gasteiger partial charge in [-0.05, 0) is 22.8 Å². The van der Waals surface area contributed by atoms with Crippen LogP contribution < -0.4 is 10.8 Å². The van der Waals surface area contributed by atoms with Crippen LogP contribution in [0.4, 0.5) is 0 Å². The van der Waals surface area contributed by atoms with Gasteiger partial charge in [0.15, 0.2) is 0 Å². The molecule has 0 atom stereocenters. The molecule has 2 rings (SSSR count). The number of rotatable bonds is 5. The summed E-state index contributed by atoms with van der Waals surface area (Å²) in [5.41, 5.74) is 4.53. The summed E-state index contributed by atoms with van der Waals surface area (Å²) in [5.74, 6) is -1.17. The van der Waals surface area contributed by atoms with Gasteiger partial charge in [-0.3, -0.25) is 14.8 Å². The molecule has 0 heterocycles. The van der Waals surface area contributed by atoms with Crippen molar-refractivity contribution in [1.82, 2.24) is 10.8 Å². The van der Waals surface area contributed by atoms with Crippen LogP contribution in [0.15, 0.2) is 54.6 Å². The quantitative estimate of drug-likeness (QED) is 0.445. The molecule has 0 saturated carbocycles. The minimum atomic E-state index is -0.731. The summed E-state index contributed by atoms with van der Waals surface area (Å²) < 4.78 is 0. The second-order valence-corrected chi connectivity index (χ2v) is 4.55. The van der Waals surface area contributed by atoms with E-state index in [0.717, 1.165) is 16.7 Å². The minimum Gasteiger partial charge on any atom is -0.352 e. The van der Waals surface area contributed by atoms with Gasteiger partial charge in [0.1, 0.15) is 6.42 Å². The van der Waals surface area contributed by atoms with Gasteiger partial charge in [-0.2, -0.15) is 0 Å². The van der Waals surface area contributed by atoms with Gasteiger partial charge in [0, 0.05) is 6.54 Å². The van der Waals surface area contributed by atoms with Crippen molar-refractivity contribution < 1.29 is 14.8 Å². The highest BCUT2D eigenvalue weighted by atomic mass is 16.5. The monoisotopic (exact) mass is 284 g/mol. The topological polar surface area (TPSA) is 78.4 Å². The molecule has 0 aromatic heterocycles. The largest absolute Gasteiger partial charge is 0.352 e. The maximum atomic E-state index is 11.5. The Hall–Kier alpha value is -2.66. The van der Waals surface area contributed by atoms with Gasteiger partial charge in [0.25, 0.3) is 5.91 Å². The summed E-state index contributed by atoms with van der Waals surface area (Å²) in [4.78, 5) is 22.3. The number of carbonyl (C=O) groups excluding carboxylic acids is 2. The first-order chi connectivity index (χ1) is 10.2. The zero-order valence-electron chi connectivity index (χ0n) is 11.4. The molecule has 108 valence electrons. The number of nitrogens with one attached hydrogen (secondary N) is 2. The third-order valence-electron chi connectivity index (χ3n) is 2.97. The molecule has 5 nitrogen and oxygen atoms in total. The molecule has 0 unspecified atom stereocenters. The molecule has 3 N–H and O–H groups in total. The molecule has 2 aromatic rings. The van der Waals surface area contributed by atoms with Crippen LogP contribution in [0.1, 0.15) is 12.0 Å². The second kappa shape index (κ2) is 7.21. The van der Waals surface area contributed by atoms with E-state index in [2.05, 4.69) is 5.32 Å². The predicted octanol–water partition coefficient (Wildman–Crippen LogP) is 1.87. The Morgan fingerprint density at radius 3 is 2.33 bits per heavy atom. The Kier molecular flexibility index (Phi) is 5.06. The highest BCUT2D eigenvalue weighted by Crippen LogP contribution is 2.19. The standard InChI is InChI=1S/C16H16N2O3/c19-15(10-16(20)18-21)17-11-12-5-4-8-14(9-12)13-6-2-1-3-7-13/h1-9,21H,10-11H2,(H,17,19)(H,18,20). The molecule has 5 heteroatoms. The molecule has 0 fully saturated rings. The van der Waals surface area contributed by atoms with E-state index in [1.165, 1.54) is 5.48 Å². The highest BCUT2D eigenvalue weighted by Gasteiger charge is 2.08. The fourth-order valence-corrected chi connectivity index (χ4v) is 1.94. The molecule has 0 radical (unpaired) electrons. The van der Waals surface area contributed by atoms with Crippen molar-refractivity contribution in [3.63, 3.8) is 0 Å². The third kappa shape index (κ3) is 4.43. The lowest BCUT2D eigenvalue weighted by Crippen LogP contribution is -2.30. The fourth-order valence-electron chi connectivity index (χ4n) is 1.94. The van der Waals surface area contributed by atoms with Crippen LogP contribution in [0.25, 0.3) is 11.1 Å². The third-order valence-corrected chi connectivity index (χ3v) is 2.97. The van der Waals surface area contributed by atoms with Crippen LogP contribution in [0.5, 0.6) is 0 Å². The van der Waals surface area contributed by atoms with Crippen molar-refractivity contribution in [3.05, 3.63) is 60.2 Å². The fraction of sp³-hybridized carbons (Fsp3) is 0.125. The zero-order valence-corrected chi connectivity index (χ0v) is 11.4. The lowest BCUT2D eigenvalue weighted by molar-refractivity contribution is -0.134. The van der Waals surface area contributed by atoms with E-state index in [9.17, 15) is 9.59 Å². The maximum Gasteiger partial charge on any atom is 0.252 e. The van der Waals surface area contributed by atoms with E-state index < -0.39 is 18.2 Å². The summed E-state index contributed by atoms with van der Waals surface area (Å²) in [5, 5.41) is 11.0. The lowest BCUT2D eigenvalue weighted by atomic mass is 10.0. The van der Waals surface area contributed by atoms with Crippen molar-refractivity contribution in [2.24, 2.45) is 0 Å². The zero-order chi connectivity index (χ0) is 15.1. The van der Waals surface area contributed by atoms with E-state index in [4.69, 9.17) is 5.21 Å². The van der Waals surface area contributed by atoms with Gasteiger partial charge < -0.3 is 5.32 Å². The molecule has 0 aliphatic carbocycles. The summed E-state index contributed by atoms with van der Waals surface area (Å²) in [6.45, 7) is 0.332. The first-order valence-electron chi connectivity index (χ1n) is 6.53. The van der Waals surface area contributed by atoms with Crippen molar-refractivity contribution >= 4 is 11.8 Å². The second-order valence-electron chi connectivity index (χ2n) is 4.55. The molecule has 21 heavy (non-hydrogen) atoms. The molecular formula is C16H16N2O3. The van der Waals surface area contributed by atoms with Crippen molar-refractivity contribution in [3.8, 4) is 11.1 Å². The SMILES string of the molecule is O=C(CC(=O)NCc1cccc(-c2ccccc2)c1)NO. The number of benzene rings is 2.